The zero-order chi connectivity index (χ0) is 35.1. The number of aliphatic hydroxyl groups excluding tert-OH is 1. The number of carbonyl (C=O) groups excluding carboxylic acids is 2. The summed E-state index contributed by atoms with van der Waals surface area (Å²) in [6, 6.07) is 25.9. The van der Waals surface area contributed by atoms with Crippen LogP contribution in [0.4, 0.5) is 0 Å². The third-order valence-electron chi connectivity index (χ3n) is 10.9. The predicted molar refractivity (Wildman–Crippen MR) is 195 cm³/mol. The topological polar surface area (TPSA) is 161 Å². The second kappa shape index (κ2) is 16.0. The van der Waals surface area contributed by atoms with Crippen LogP contribution in [-0.4, -0.2) is 71.2 Å². The van der Waals surface area contributed by atoms with Gasteiger partial charge in [0.05, 0.1) is 11.6 Å². The number of aliphatic hydroxyl groups is 1. The minimum absolute atomic E-state index is 0.00674. The van der Waals surface area contributed by atoms with Gasteiger partial charge in [0, 0.05) is 44.1 Å². The number of benzene rings is 3. The molecule has 4 unspecified atom stereocenters. The van der Waals surface area contributed by atoms with Crippen LogP contribution in [0.2, 0.25) is 0 Å². The first-order valence-electron chi connectivity index (χ1n) is 17.9. The van der Waals surface area contributed by atoms with E-state index in [0.29, 0.717) is 60.9 Å². The van der Waals surface area contributed by atoms with Gasteiger partial charge in [-0.3, -0.25) is 14.4 Å². The van der Waals surface area contributed by atoms with E-state index in [9.17, 15) is 24.6 Å². The Morgan fingerprint density at radius 3 is 2.28 bits per heavy atom. The zero-order valence-corrected chi connectivity index (χ0v) is 28.5. The lowest BCUT2D eigenvalue weighted by Gasteiger charge is -2.37. The fourth-order valence-corrected chi connectivity index (χ4v) is 8.38. The number of aromatic hydroxyl groups is 1. The summed E-state index contributed by atoms with van der Waals surface area (Å²) in [5, 5.41) is 28.3. The number of fused-ring (bicyclic) bond motifs is 1. The van der Waals surface area contributed by atoms with Crippen molar-refractivity contribution < 1.29 is 19.8 Å². The van der Waals surface area contributed by atoms with Crippen molar-refractivity contribution in [3.8, 4) is 5.75 Å². The molecule has 3 aromatic carbocycles. The van der Waals surface area contributed by atoms with Crippen molar-refractivity contribution in [2.24, 2.45) is 23.5 Å². The van der Waals surface area contributed by atoms with Crippen LogP contribution in [0.25, 0.3) is 10.9 Å². The molecule has 10 heteroatoms. The van der Waals surface area contributed by atoms with Gasteiger partial charge in [0.1, 0.15) is 11.2 Å². The predicted octanol–water partition coefficient (Wildman–Crippen LogP) is 3.96. The number of phenols is 1. The van der Waals surface area contributed by atoms with E-state index in [0.717, 1.165) is 56.3 Å². The second-order valence-electron chi connectivity index (χ2n) is 14.1. The number of phenolic OH excluding ortho intramolecular Hbond substituents is 1. The van der Waals surface area contributed by atoms with Crippen molar-refractivity contribution >= 4 is 22.7 Å². The van der Waals surface area contributed by atoms with E-state index in [2.05, 4.69) is 20.5 Å². The van der Waals surface area contributed by atoms with Crippen LogP contribution >= 0.6 is 0 Å². The molecule has 2 amide bonds. The van der Waals surface area contributed by atoms with E-state index in [1.807, 2.05) is 60.7 Å². The number of rotatable bonds is 14. The number of aromatic nitrogens is 1. The van der Waals surface area contributed by atoms with Gasteiger partial charge in [-0.15, -0.1) is 0 Å². The molecule has 7 N–H and O–H groups in total. The molecule has 4 atom stereocenters. The summed E-state index contributed by atoms with van der Waals surface area (Å²) in [4.78, 5) is 43.0. The second-order valence-corrected chi connectivity index (χ2v) is 14.1. The van der Waals surface area contributed by atoms with Crippen molar-refractivity contribution in [3.05, 3.63) is 112 Å². The number of carbonyl (C=O) groups is 2. The molecular weight excluding hydrogens is 630 g/mol. The van der Waals surface area contributed by atoms with Gasteiger partial charge in [-0.2, -0.15) is 0 Å². The lowest BCUT2D eigenvalue weighted by molar-refractivity contribution is -0.124. The summed E-state index contributed by atoms with van der Waals surface area (Å²) >= 11 is 0. The molecular formula is C40H49N5O5. The summed E-state index contributed by atoms with van der Waals surface area (Å²) in [6.45, 7) is 3.90. The van der Waals surface area contributed by atoms with Gasteiger partial charge in [-0.1, -0.05) is 73.2 Å². The van der Waals surface area contributed by atoms with Crippen LogP contribution in [0.5, 0.6) is 5.75 Å². The van der Waals surface area contributed by atoms with Gasteiger partial charge in [0.15, 0.2) is 0 Å². The summed E-state index contributed by atoms with van der Waals surface area (Å²) < 4.78 is 0. The minimum atomic E-state index is -0.939. The van der Waals surface area contributed by atoms with Crippen molar-refractivity contribution in [2.75, 3.05) is 39.3 Å². The summed E-state index contributed by atoms with van der Waals surface area (Å²) in [5.41, 5.74) is 7.78. The fourth-order valence-electron chi connectivity index (χ4n) is 8.38. The number of H-pyrrole nitrogens is 1. The number of hydrogen-bond acceptors (Lipinski definition) is 7. The van der Waals surface area contributed by atoms with Gasteiger partial charge in [-0.25, -0.2) is 0 Å². The number of nitrogens with zero attached hydrogens (tertiary/aromatic N) is 1. The Bertz CT molecular complexity index is 1770. The number of aromatic amines is 1. The summed E-state index contributed by atoms with van der Waals surface area (Å²) in [6.07, 6.45) is 4.72. The molecule has 1 aliphatic carbocycles. The number of hydrogen-bond donors (Lipinski definition) is 6. The van der Waals surface area contributed by atoms with Crippen LogP contribution in [0, 0.1) is 17.8 Å². The van der Waals surface area contributed by atoms with E-state index in [4.69, 9.17) is 5.73 Å². The maximum Gasteiger partial charge on any atom is 0.248 e. The average molecular weight is 680 g/mol. The number of pyridine rings is 1. The van der Waals surface area contributed by atoms with E-state index >= 15 is 0 Å². The highest BCUT2D eigenvalue weighted by Gasteiger charge is 2.49. The lowest BCUT2D eigenvalue weighted by atomic mass is 9.64. The van der Waals surface area contributed by atoms with Crippen molar-refractivity contribution in [2.45, 2.75) is 50.0 Å². The quantitative estimate of drug-likeness (QED) is 0.118. The standard InChI is InChI=1S/C40H49N5O5/c41-39(50)40(29-10-3-1-4-11-29,30-12-5-2-6-13-30)31-18-20-45(26-31)21-19-36(48)43-24-28-9-7-8-27(22-28)23-42-25-35(47)32-14-16-34(46)38-33(32)15-17-37(49)44-38/h1-6,10-17,27-28,31,35,42,46-47H,7-9,18-26H2,(H2,41,50)(H,43,48)(H,44,49). The molecule has 2 heterocycles. The molecule has 50 heavy (non-hydrogen) atoms. The Hall–Kier alpha value is -4.51. The minimum Gasteiger partial charge on any atom is -0.506 e. The van der Waals surface area contributed by atoms with E-state index < -0.39 is 11.5 Å². The van der Waals surface area contributed by atoms with Gasteiger partial charge in [0.2, 0.25) is 17.4 Å². The van der Waals surface area contributed by atoms with Gasteiger partial charge >= 0.3 is 0 Å². The number of likely N-dealkylation sites (tertiary alicyclic amines) is 1. The molecule has 2 fully saturated rings. The van der Waals surface area contributed by atoms with E-state index in [-0.39, 0.29) is 29.0 Å². The Morgan fingerprint density at radius 1 is 0.920 bits per heavy atom. The third kappa shape index (κ3) is 7.78. The van der Waals surface area contributed by atoms with E-state index in [1.54, 1.807) is 12.1 Å². The normalized spacial score (nSPS) is 20.5. The zero-order valence-electron chi connectivity index (χ0n) is 28.5. The van der Waals surface area contributed by atoms with Crippen LogP contribution in [-0.2, 0) is 15.0 Å². The van der Waals surface area contributed by atoms with Gasteiger partial charge in [0.25, 0.3) is 0 Å². The van der Waals surface area contributed by atoms with Crippen LogP contribution < -0.4 is 21.9 Å². The van der Waals surface area contributed by atoms with Gasteiger partial charge < -0.3 is 36.5 Å². The lowest BCUT2D eigenvalue weighted by Crippen LogP contribution is -2.49. The molecule has 4 aromatic rings. The average Bonchev–Trinajstić information content (AvgIpc) is 3.60. The highest BCUT2D eigenvalue weighted by molar-refractivity contribution is 5.91. The Morgan fingerprint density at radius 2 is 1.60 bits per heavy atom. The number of nitrogens with two attached hydrogens (primary N) is 1. The summed E-state index contributed by atoms with van der Waals surface area (Å²) in [5.74, 6) is 0.527. The largest absolute Gasteiger partial charge is 0.506 e. The molecule has 264 valence electrons. The molecule has 1 saturated carbocycles. The van der Waals surface area contributed by atoms with Crippen LogP contribution in [0.1, 0.15) is 61.3 Å². The molecule has 2 aliphatic rings. The maximum absolute atomic E-state index is 13.4. The number of amides is 2. The molecule has 0 bridgehead atoms. The Kier molecular flexibility index (Phi) is 11.3. The maximum atomic E-state index is 13.4. The molecule has 0 radical (unpaired) electrons. The van der Waals surface area contributed by atoms with Crippen molar-refractivity contribution in [3.63, 3.8) is 0 Å². The van der Waals surface area contributed by atoms with Crippen molar-refractivity contribution in [1.82, 2.24) is 20.5 Å². The van der Waals surface area contributed by atoms with Gasteiger partial charge in [-0.05, 0) is 85.3 Å². The molecule has 0 spiro atoms. The third-order valence-corrected chi connectivity index (χ3v) is 10.9. The van der Waals surface area contributed by atoms with Crippen LogP contribution in [0.15, 0.2) is 89.7 Å². The van der Waals surface area contributed by atoms with Crippen LogP contribution in [0.3, 0.4) is 0 Å². The molecule has 6 rings (SSSR count). The summed E-state index contributed by atoms with van der Waals surface area (Å²) in [7, 11) is 0. The Labute approximate surface area is 293 Å². The smallest absolute Gasteiger partial charge is 0.248 e. The highest BCUT2D eigenvalue weighted by atomic mass is 16.3. The van der Waals surface area contributed by atoms with Crippen molar-refractivity contribution in [1.29, 1.82) is 0 Å². The highest BCUT2D eigenvalue weighted by Crippen LogP contribution is 2.43. The number of primary amides is 1. The number of nitrogens with one attached hydrogen (secondary N) is 3. The monoisotopic (exact) mass is 679 g/mol. The molecule has 1 aromatic heterocycles. The first-order chi connectivity index (χ1) is 24.3. The molecule has 1 saturated heterocycles. The molecule has 10 nitrogen and oxygen atoms in total. The van der Waals surface area contributed by atoms with E-state index in [1.165, 1.54) is 12.1 Å². The fraction of sp³-hybridized carbons (Fsp3) is 0.425. The SMILES string of the molecule is NC(=O)C(c1ccccc1)(c1ccccc1)C1CCN(CCC(=O)NCC2CCCC(CNCC(O)c3ccc(O)c4[nH]c(=O)ccc34)C2)C1. The molecule has 1 aliphatic heterocycles. The first-order valence-corrected chi connectivity index (χ1v) is 17.9. The Balaban J connectivity index is 0.957. The first kappa shape index (κ1) is 35.3.